The van der Waals surface area contributed by atoms with Gasteiger partial charge in [0.2, 0.25) is 0 Å². The molecule has 26 heavy (non-hydrogen) atoms. The predicted octanol–water partition coefficient (Wildman–Crippen LogP) is 3.16. The van der Waals surface area contributed by atoms with E-state index in [-0.39, 0.29) is 11.8 Å². The van der Waals surface area contributed by atoms with Crippen molar-refractivity contribution in [2.24, 2.45) is 5.92 Å². The summed E-state index contributed by atoms with van der Waals surface area (Å²) in [5.41, 5.74) is 2.71. The molecule has 0 aliphatic heterocycles. The molecule has 0 unspecified atom stereocenters. The summed E-state index contributed by atoms with van der Waals surface area (Å²) >= 11 is 0. The molecule has 0 aliphatic rings. The van der Waals surface area contributed by atoms with Gasteiger partial charge in [-0.05, 0) is 36.2 Å². The normalized spacial score (nSPS) is 12.2. The lowest BCUT2D eigenvalue weighted by Gasteiger charge is -2.19. The van der Waals surface area contributed by atoms with Crippen molar-refractivity contribution in [2.75, 3.05) is 7.05 Å². The van der Waals surface area contributed by atoms with Crippen LogP contribution < -0.4 is 5.32 Å². The molecule has 0 aromatic heterocycles. The van der Waals surface area contributed by atoms with Crippen LogP contribution in [0.2, 0.25) is 0 Å². The van der Waals surface area contributed by atoms with Crippen LogP contribution in [-0.2, 0) is 17.9 Å². The van der Waals surface area contributed by atoms with E-state index >= 15 is 0 Å². The summed E-state index contributed by atoms with van der Waals surface area (Å²) in [6.45, 7) is 5.05. The molecule has 5 heteroatoms. The minimum Gasteiger partial charge on any atom is -0.480 e. The first-order chi connectivity index (χ1) is 12.4. The van der Waals surface area contributed by atoms with E-state index in [0.29, 0.717) is 12.1 Å². The maximum absolute atomic E-state index is 12.4. The molecule has 2 N–H and O–H groups in total. The Hall–Kier alpha value is -2.66. The van der Waals surface area contributed by atoms with Gasteiger partial charge in [-0.1, -0.05) is 56.3 Å². The Labute approximate surface area is 154 Å². The van der Waals surface area contributed by atoms with Gasteiger partial charge in [-0.25, -0.2) is 4.79 Å². The van der Waals surface area contributed by atoms with Crippen molar-refractivity contribution >= 4 is 11.9 Å². The van der Waals surface area contributed by atoms with Crippen molar-refractivity contribution in [2.45, 2.75) is 33.0 Å². The zero-order valence-electron chi connectivity index (χ0n) is 15.5. The van der Waals surface area contributed by atoms with Gasteiger partial charge in [0.15, 0.2) is 0 Å². The highest BCUT2D eigenvalue weighted by Gasteiger charge is 2.24. The Kier molecular flexibility index (Phi) is 6.92. The Morgan fingerprint density at radius 2 is 1.62 bits per heavy atom. The summed E-state index contributed by atoms with van der Waals surface area (Å²) in [5.74, 6) is -1.57. The van der Waals surface area contributed by atoms with E-state index in [1.54, 1.807) is 19.9 Å². The molecule has 2 aromatic carbocycles. The van der Waals surface area contributed by atoms with E-state index in [9.17, 15) is 14.7 Å². The van der Waals surface area contributed by atoms with Gasteiger partial charge in [-0.15, -0.1) is 0 Å². The zero-order valence-corrected chi connectivity index (χ0v) is 15.5. The molecule has 0 radical (unpaired) electrons. The van der Waals surface area contributed by atoms with E-state index in [0.717, 1.165) is 12.1 Å². The van der Waals surface area contributed by atoms with Crippen LogP contribution in [0.1, 0.15) is 35.3 Å². The van der Waals surface area contributed by atoms with Gasteiger partial charge >= 0.3 is 5.97 Å². The molecule has 0 heterocycles. The number of nitrogens with one attached hydrogen (secondary N) is 1. The van der Waals surface area contributed by atoms with Crippen molar-refractivity contribution in [3.63, 3.8) is 0 Å². The van der Waals surface area contributed by atoms with Crippen LogP contribution in [0.15, 0.2) is 54.6 Å². The van der Waals surface area contributed by atoms with Gasteiger partial charge in [-0.2, -0.15) is 0 Å². The number of benzene rings is 2. The lowest BCUT2D eigenvalue weighted by molar-refractivity contribution is -0.140. The van der Waals surface area contributed by atoms with Crippen LogP contribution in [-0.4, -0.2) is 35.0 Å². The number of rotatable bonds is 8. The minimum absolute atomic E-state index is 0.184. The molecule has 2 rings (SSSR count). The number of carbonyl (C=O) groups excluding carboxylic acids is 1. The van der Waals surface area contributed by atoms with E-state index in [2.05, 4.69) is 22.3 Å². The molecule has 0 saturated heterocycles. The highest BCUT2D eigenvalue weighted by atomic mass is 16.4. The second-order valence-corrected chi connectivity index (χ2v) is 6.89. The van der Waals surface area contributed by atoms with Crippen molar-refractivity contribution in [3.8, 4) is 0 Å². The number of carboxylic acids is 1. The first kappa shape index (κ1) is 19.7. The topological polar surface area (TPSA) is 69.6 Å². The van der Waals surface area contributed by atoms with Crippen molar-refractivity contribution in [3.05, 3.63) is 71.3 Å². The molecule has 0 saturated carbocycles. The number of hydrogen-bond acceptors (Lipinski definition) is 3. The monoisotopic (exact) mass is 354 g/mol. The van der Waals surface area contributed by atoms with Gasteiger partial charge < -0.3 is 10.4 Å². The van der Waals surface area contributed by atoms with E-state index < -0.39 is 12.0 Å². The number of carboxylic acid groups (broad SMARTS) is 1. The molecule has 138 valence electrons. The fraction of sp³-hybridized carbons (Fsp3) is 0.333. The summed E-state index contributed by atoms with van der Waals surface area (Å²) in [6.07, 6.45) is 0. The summed E-state index contributed by atoms with van der Waals surface area (Å²) in [7, 11) is 2.03. The largest absolute Gasteiger partial charge is 0.480 e. The third kappa shape index (κ3) is 5.70. The minimum atomic E-state index is -1.02. The van der Waals surface area contributed by atoms with Crippen LogP contribution in [0.4, 0.5) is 0 Å². The molecule has 0 bridgehead atoms. The molecule has 1 atom stereocenters. The van der Waals surface area contributed by atoms with Gasteiger partial charge in [0.25, 0.3) is 5.91 Å². The van der Waals surface area contributed by atoms with Crippen molar-refractivity contribution in [1.29, 1.82) is 0 Å². The Bertz CT molecular complexity index is 744. The van der Waals surface area contributed by atoms with Crippen LogP contribution in [0, 0.1) is 5.92 Å². The molecule has 0 fully saturated rings. The van der Waals surface area contributed by atoms with Crippen LogP contribution in [0.5, 0.6) is 0 Å². The van der Waals surface area contributed by atoms with Crippen LogP contribution in [0.25, 0.3) is 0 Å². The second-order valence-electron chi connectivity index (χ2n) is 6.89. The van der Waals surface area contributed by atoms with Gasteiger partial charge in [0.1, 0.15) is 6.04 Å². The molecule has 0 aliphatic carbocycles. The molecular formula is C21H26N2O3. The number of aliphatic carboxylic acids is 1. The van der Waals surface area contributed by atoms with E-state index in [4.69, 9.17) is 0 Å². The Balaban J connectivity index is 2.02. The number of hydrogen-bond donors (Lipinski definition) is 2. The fourth-order valence-electron chi connectivity index (χ4n) is 2.81. The first-order valence-corrected chi connectivity index (χ1v) is 8.72. The lowest BCUT2D eigenvalue weighted by Crippen LogP contribution is -2.44. The predicted molar refractivity (Wildman–Crippen MR) is 102 cm³/mol. The van der Waals surface area contributed by atoms with Crippen molar-refractivity contribution in [1.82, 2.24) is 10.2 Å². The molecular weight excluding hydrogens is 328 g/mol. The number of amides is 1. The van der Waals surface area contributed by atoms with E-state index in [1.165, 1.54) is 5.56 Å². The number of carbonyl (C=O) groups is 2. The first-order valence-electron chi connectivity index (χ1n) is 8.72. The standard InChI is InChI=1S/C21H26N2O3/c1-15(2)19(21(25)26)22-20(24)18-11-7-10-17(12-18)14-23(3)13-16-8-5-4-6-9-16/h4-12,15,19H,13-14H2,1-3H3,(H,22,24)(H,25,26)/t19-/m0/s1. The summed E-state index contributed by atoms with van der Waals surface area (Å²) in [6, 6.07) is 16.6. The maximum atomic E-state index is 12.4. The second kappa shape index (κ2) is 9.15. The summed E-state index contributed by atoms with van der Waals surface area (Å²) in [5, 5.41) is 11.8. The summed E-state index contributed by atoms with van der Waals surface area (Å²) in [4.78, 5) is 25.8. The third-order valence-electron chi connectivity index (χ3n) is 4.16. The third-order valence-corrected chi connectivity index (χ3v) is 4.16. The molecule has 1 amide bonds. The Morgan fingerprint density at radius 1 is 1.00 bits per heavy atom. The summed E-state index contributed by atoms with van der Waals surface area (Å²) < 4.78 is 0. The van der Waals surface area contributed by atoms with E-state index in [1.807, 2.05) is 43.4 Å². The molecule has 2 aromatic rings. The highest BCUT2D eigenvalue weighted by molar-refractivity contribution is 5.96. The zero-order chi connectivity index (χ0) is 19.1. The Morgan fingerprint density at radius 3 is 2.23 bits per heavy atom. The van der Waals surface area contributed by atoms with Crippen LogP contribution in [0.3, 0.4) is 0 Å². The average Bonchev–Trinajstić information content (AvgIpc) is 2.59. The van der Waals surface area contributed by atoms with Gasteiger partial charge in [-0.3, -0.25) is 9.69 Å². The van der Waals surface area contributed by atoms with Crippen molar-refractivity contribution < 1.29 is 14.7 Å². The van der Waals surface area contributed by atoms with Gasteiger partial charge in [0.05, 0.1) is 0 Å². The maximum Gasteiger partial charge on any atom is 0.326 e. The molecule has 5 nitrogen and oxygen atoms in total. The molecule has 0 spiro atoms. The fourth-order valence-corrected chi connectivity index (χ4v) is 2.81. The average molecular weight is 354 g/mol. The van der Waals surface area contributed by atoms with Gasteiger partial charge in [0, 0.05) is 18.7 Å². The lowest BCUT2D eigenvalue weighted by atomic mass is 10.0. The quantitative estimate of drug-likeness (QED) is 0.764. The SMILES string of the molecule is CC(C)[C@H](NC(=O)c1cccc(CN(C)Cc2ccccc2)c1)C(=O)O. The number of nitrogens with zero attached hydrogens (tertiary/aromatic N) is 1. The highest BCUT2D eigenvalue weighted by Crippen LogP contribution is 2.11. The van der Waals surface area contributed by atoms with Crippen LogP contribution >= 0.6 is 0 Å². The smallest absolute Gasteiger partial charge is 0.326 e.